The minimum Gasteiger partial charge on any atom is -0.492 e. The summed E-state index contributed by atoms with van der Waals surface area (Å²) in [4.78, 5) is 22.1. The largest absolute Gasteiger partial charge is 0.492 e. The van der Waals surface area contributed by atoms with Gasteiger partial charge in [0.1, 0.15) is 5.75 Å². The third-order valence-corrected chi connectivity index (χ3v) is 7.30. The third kappa shape index (κ3) is 7.78. The zero-order valence-electron chi connectivity index (χ0n) is 25.5. The second-order valence-electron chi connectivity index (χ2n) is 11.3. The number of nitrogens with zero attached hydrogens (tertiary/aromatic N) is 2. The van der Waals surface area contributed by atoms with Crippen LogP contribution in [0.4, 0.5) is 33.5 Å². The molecule has 0 atom stereocenters. The SMILES string of the molecule is COc1c(NC(=O)Nc2ccc(Oc3ccnc(Nc4ccccc4)n3)c3ccccc23)cc(C(C)(C)C)cc1NS(C)(=O)=O. The second kappa shape index (κ2) is 12.7. The number of aromatic nitrogens is 2. The number of anilines is 5. The smallest absolute Gasteiger partial charge is 0.323 e. The van der Waals surface area contributed by atoms with Gasteiger partial charge in [0, 0.05) is 28.7 Å². The number of carbonyl (C=O) groups is 1. The first-order valence-electron chi connectivity index (χ1n) is 14.0. The first-order valence-corrected chi connectivity index (χ1v) is 15.9. The van der Waals surface area contributed by atoms with Crippen molar-refractivity contribution < 1.29 is 22.7 Å². The Labute approximate surface area is 262 Å². The number of sulfonamides is 1. The Morgan fingerprint density at radius 2 is 1.49 bits per heavy atom. The number of amides is 2. The van der Waals surface area contributed by atoms with Crippen molar-refractivity contribution in [2.45, 2.75) is 26.2 Å². The van der Waals surface area contributed by atoms with E-state index in [1.165, 1.54) is 7.11 Å². The molecule has 0 aliphatic carbocycles. The van der Waals surface area contributed by atoms with Crippen LogP contribution in [-0.2, 0) is 15.4 Å². The van der Waals surface area contributed by atoms with Gasteiger partial charge < -0.3 is 25.4 Å². The number of methoxy groups -OCH3 is 1. The lowest BCUT2D eigenvalue weighted by Gasteiger charge is -2.24. The van der Waals surface area contributed by atoms with Gasteiger partial charge in [0.05, 0.1) is 30.4 Å². The molecule has 45 heavy (non-hydrogen) atoms. The van der Waals surface area contributed by atoms with Crippen molar-refractivity contribution in [1.29, 1.82) is 0 Å². The molecule has 0 saturated carbocycles. The predicted molar refractivity (Wildman–Crippen MR) is 179 cm³/mol. The van der Waals surface area contributed by atoms with Gasteiger partial charge in [-0.1, -0.05) is 63.2 Å². The summed E-state index contributed by atoms with van der Waals surface area (Å²) >= 11 is 0. The number of carbonyl (C=O) groups excluding carboxylic acids is 1. The molecule has 0 aliphatic rings. The first kappa shape index (κ1) is 31.1. The standard InChI is InChI=1S/C33H34N6O5S/c1-33(2,3)21-19-26(30(43-4)27(20-21)39-45(5,41)42)37-32(40)36-25-15-16-28(24-14-10-9-13-23(24)25)44-29-17-18-34-31(38-29)35-22-11-7-6-8-12-22/h6-20,39H,1-5H3,(H,34,35,38)(H2,36,37,40). The van der Waals surface area contributed by atoms with Crippen molar-refractivity contribution >= 4 is 55.5 Å². The molecule has 232 valence electrons. The van der Waals surface area contributed by atoms with E-state index in [2.05, 4.69) is 30.6 Å². The summed E-state index contributed by atoms with van der Waals surface area (Å²) in [6.07, 6.45) is 2.66. The molecular formula is C33H34N6O5S. The maximum Gasteiger partial charge on any atom is 0.323 e. The maximum absolute atomic E-state index is 13.3. The number of hydrogen-bond donors (Lipinski definition) is 4. The van der Waals surface area contributed by atoms with Crippen LogP contribution < -0.4 is 30.1 Å². The molecular weight excluding hydrogens is 592 g/mol. The van der Waals surface area contributed by atoms with Gasteiger partial charge in [0.2, 0.25) is 21.9 Å². The average Bonchev–Trinajstić information content (AvgIpc) is 2.98. The van der Waals surface area contributed by atoms with Crippen molar-refractivity contribution in [2.75, 3.05) is 34.0 Å². The van der Waals surface area contributed by atoms with E-state index in [4.69, 9.17) is 9.47 Å². The summed E-state index contributed by atoms with van der Waals surface area (Å²) in [5.74, 6) is 1.45. The Hall–Kier alpha value is -5.36. The lowest BCUT2D eigenvalue weighted by atomic mass is 9.86. The van der Waals surface area contributed by atoms with E-state index >= 15 is 0 Å². The summed E-state index contributed by atoms with van der Waals surface area (Å²) in [6, 6.07) is 25.1. The van der Waals surface area contributed by atoms with E-state index in [0.29, 0.717) is 29.0 Å². The van der Waals surface area contributed by atoms with Crippen molar-refractivity contribution in [3.8, 4) is 17.4 Å². The molecule has 0 radical (unpaired) electrons. The highest BCUT2D eigenvalue weighted by molar-refractivity contribution is 7.92. The zero-order valence-corrected chi connectivity index (χ0v) is 26.3. The fourth-order valence-corrected chi connectivity index (χ4v) is 5.17. The minimum absolute atomic E-state index is 0.183. The Bertz CT molecular complexity index is 1960. The summed E-state index contributed by atoms with van der Waals surface area (Å²) in [5, 5.41) is 10.4. The quantitative estimate of drug-likeness (QED) is 0.132. The Morgan fingerprint density at radius 1 is 0.822 bits per heavy atom. The predicted octanol–water partition coefficient (Wildman–Crippen LogP) is 7.49. The van der Waals surface area contributed by atoms with Crippen LogP contribution in [0.5, 0.6) is 17.4 Å². The number of nitrogens with one attached hydrogen (secondary N) is 4. The fourth-order valence-electron chi connectivity index (χ4n) is 4.62. The highest BCUT2D eigenvalue weighted by atomic mass is 32.2. The molecule has 1 heterocycles. The normalized spacial score (nSPS) is 11.5. The van der Waals surface area contributed by atoms with E-state index in [0.717, 1.165) is 28.3 Å². The number of hydrogen-bond acceptors (Lipinski definition) is 8. The van der Waals surface area contributed by atoms with Crippen molar-refractivity contribution in [1.82, 2.24) is 9.97 Å². The van der Waals surface area contributed by atoms with Gasteiger partial charge in [-0.15, -0.1) is 0 Å². The molecule has 11 nitrogen and oxygen atoms in total. The maximum atomic E-state index is 13.3. The molecule has 2 amide bonds. The van der Waals surface area contributed by atoms with E-state index in [1.807, 2.05) is 75.4 Å². The van der Waals surface area contributed by atoms with Gasteiger partial charge >= 0.3 is 6.03 Å². The van der Waals surface area contributed by atoms with E-state index < -0.39 is 16.1 Å². The van der Waals surface area contributed by atoms with E-state index in [-0.39, 0.29) is 16.9 Å². The third-order valence-electron chi connectivity index (χ3n) is 6.71. The van der Waals surface area contributed by atoms with Crippen molar-refractivity contribution in [3.63, 3.8) is 0 Å². The summed E-state index contributed by atoms with van der Waals surface area (Å²) in [7, 11) is -2.21. The van der Waals surface area contributed by atoms with Crippen LogP contribution in [0.3, 0.4) is 0 Å². The number of urea groups is 1. The number of ether oxygens (including phenoxy) is 2. The molecule has 0 aliphatic heterocycles. The van der Waals surface area contributed by atoms with Gasteiger partial charge in [-0.05, 0) is 47.4 Å². The molecule has 5 aromatic rings. The second-order valence-corrected chi connectivity index (χ2v) is 13.0. The zero-order chi connectivity index (χ0) is 32.2. The minimum atomic E-state index is -3.62. The lowest BCUT2D eigenvalue weighted by molar-refractivity contribution is 0.262. The molecule has 4 N–H and O–H groups in total. The highest BCUT2D eigenvalue weighted by Gasteiger charge is 2.22. The van der Waals surface area contributed by atoms with Crippen LogP contribution in [0.2, 0.25) is 0 Å². The Morgan fingerprint density at radius 3 is 2.18 bits per heavy atom. The van der Waals surface area contributed by atoms with Crippen molar-refractivity contribution in [3.05, 3.63) is 96.7 Å². The lowest BCUT2D eigenvalue weighted by Crippen LogP contribution is -2.22. The van der Waals surface area contributed by atoms with Crippen LogP contribution in [-0.4, -0.2) is 37.8 Å². The fraction of sp³-hybridized carbons (Fsp3) is 0.182. The first-order chi connectivity index (χ1) is 21.4. The van der Waals surface area contributed by atoms with Crippen LogP contribution in [0.1, 0.15) is 26.3 Å². The number of fused-ring (bicyclic) bond motifs is 1. The van der Waals surface area contributed by atoms with Gasteiger partial charge in [-0.25, -0.2) is 18.2 Å². The summed E-state index contributed by atoms with van der Waals surface area (Å²) in [6.45, 7) is 5.96. The van der Waals surface area contributed by atoms with Gasteiger partial charge in [-0.3, -0.25) is 4.72 Å². The number of para-hydroxylation sites is 1. The average molecular weight is 627 g/mol. The molecule has 4 aromatic carbocycles. The van der Waals surface area contributed by atoms with E-state index in [1.54, 1.807) is 36.5 Å². The molecule has 0 bridgehead atoms. The topological polar surface area (TPSA) is 144 Å². The van der Waals surface area contributed by atoms with Gasteiger partial charge in [0.15, 0.2) is 5.75 Å². The molecule has 0 saturated heterocycles. The van der Waals surface area contributed by atoms with Gasteiger partial charge in [0.25, 0.3) is 0 Å². The van der Waals surface area contributed by atoms with E-state index in [9.17, 15) is 13.2 Å². The number of benzene rings is 4. The number of rotatable bonds is 9. The molecule has 5 rings (SSSR count). The van der Waals surface area contributed by atoms with Crippen LogP contribution >= 0.6 is 0 Å². The summed E-state index contributed by atoms with van der Waals surface area (Å²) < 4.78 is 38.3. The Kier molecular flexibility index (Phi) is 8.77. The van der Waals surface area contributed by atoms with Crippen LogP contribution in [0.25, 0.3) is 10.8 Å². The molecule has 1 aromatic heterocycles. The molecule has 0 unspecified atom stereocenters. The molecule has 0 spiro atoms. The summed E-state index contributed by atoms with van der Waals surface area (Å²) in [5.41, 5.74) is 2.36. The van der Waals surface area contributed by atoms with Crippen LogP contribution in [0, 0.1) is 0 Å². The highest BCUT2D eigenvalue weighted by Crippen LogP contribution is 2.40. The van der Waals surface area contributed by atoms with Crippen LogP contribution in [0.15, 0.2) is 91.1 Å². The Balaban J connectivity index is 1.40. The molecule has 0 fully saturated rings. The van der Waals surface area contributed by atoms with Crippen molar-refractivity contribution in [2.24, 2.45) is 0 Å². The van der Waals surface area contributed by atoms with Gasteiger partial charge in [-0.2, -0.15) is 4.98 Å². The molecule has 12 heteroatoms. The monoisotopic (exact) mass is 626 g/mol.